The molecule has 0 fully saturated rings. The molecule has 0 amide bonds. The Balaban J connectivity index is 0.000000374. The lowest BCUT2D eigenvalue weighted by Gasteiger charge is -2.13. The minimum absolute atomic E-state index is 0.379. The predicted molar refractivity (Wildman–Crippen MR) is 128 cm³/mol. The molecule has 0 heterocycles. The molecule has 0 aliphatic rings. The van der Waals surface area contributed by atoms with Crippen molar-refractivity contribution >= 4 is 52.6 Å². The molecule has 0 saturated carbocycles. The molecule has 0 radical (unpaired) electrons. The first-order valence-electron chi connectivity index (χ1n) is 10.3. The first-order chi connectivity index (χ1) is 17.1. The van der Waals surface area contributed by atoms with Gasteiger partial charge in [0.25, 0.3) is 0 Å². The van der Waals surface area contributed by atoms with Crippen molar-refractivity contribution < 1.29 is 51.5 Å². The maximum absolute atomic E-state index is 12.6. The van der Waals surface area contributed by atoms with Crippen LogP contribution in [0.2, 0.25) is 0 Å². The van der Waals surface area contributed by atoms with Gasteiger partial charge in [0.05, 0.1) is 7.11 Å². The Labute approximate surface area is 208 Å². The van der Waals surface area contributed by atoms with Gasteiger partial charge in [0.1, 0.15) is 5.75 Å². The summed E-state index contributed by atoms with van der Waals surface area (Å²) in [6.07, 6.45) is 0. The summed E-state index contributed by atoms with van der Waals surface area (Å²) in [4.78, 5) is 0. The largest absolute Gasteiger partial charge is 0.534 e. The third-order valence-electron chi connectivity index (χ3n) is 4.71. The summed E-state index contributed by atoms with van der Waals surface area (Å²) in [6.45, 7) is 4.00. The number of alkyl halides is 6. The predicted octanol–water partition coefficient (Wildman–Crippen LogP) is 6.88. The number of hydrogen-bond donors (Lipinski definition) is 0. The van der Waals surface area contributed by atoms with Crippen LogP contribution in [0.1, 0.15) is 13.8 Å². The highest BCUT2D eigenvalue weighted by Gasteiger charge is 2.48. The van der Waals surface area contributed by atoms with E-state index in [9.17, 15) is 43.2 Å². The van der Waals surface area contributed by atoms with E-state index in [1.165, 1.54) is 12.1 Å². The number of rotatable bonds is 3. The molecule has 4 aromatic rings. The maximum Gasteiger partial charge on any atom is 0.534 e. The molecule has 6 nitrogen and oxygen atoms in total. The van der Waals surface area contributed by atoms with Crippen molar-refractivity contribution in [3.63, 3.8) is 0 Å². The van der Waals surface area contributed by atoms with E-state index in [4.69, 9.17) is 0 Å². The molecule has 0 aliphatic heterocycles. The highest BCUT2D eigenvalue weighted by atomic mass is 32.2. The second kappa shape index (κ2) is 11.1. The third kappa shape index (κ3) is 6.43. The average molecular weight is 571 g/mol. The quantitative estimate of drug-likeness (QED) is 0.116. The van der Waals surface area contributed by atoms with Gasteiger partial charge in [-0.25, -0.2) is 0 Å². The van der Waals surface area contributed by atoms with Crippen molar-refractivity contribution in [1.29, 1.82) is 0 Å². The molecule has 0 spiro atoms. The molecule has 0 bridgehead atoms. The van der Waals surface area contributed by atoms with E-state index in [0.29, 0.717) is 12.5 Å². The van der Waals surface area contributed by atoms with Gasteiger partial charge in [0.15, 0.2) is 0 Å². The zero-order chi connectivity index (χ0) is 28.2. The Hall–Kier alpha value is -3.10. The normalized spacial score (nSPS) is 12.5. The van der Waals surface area contributed by atoms with E-state index >= 15 is 0 Å². The van der Waals surface area contributed by atoms with Gasteiger partial charge in [0, 0.05) is 0 Å². The van der Waals surface area contributed by atoms with Gasteiger partial charge in [0.2, 0.25) is 0 Å². The topological polar surface area (TPSA) is 86.7 Å². The highest BCUT2D eigenvalue weighted by molar-refractivity contribution is 7.88. The fourth-order valence-electron chi connectivity index (χ4n) is 3.21. The number of hydrogen-bond acceptors (Lipinski definition) is 6. The van der Waals surface area contributed by atoms with Gasteiger partial charge < -0.3 is 4.18 Å². The summed E-state index contributed by atoms with van der Waals surface area (Å²) in [5.74, 6) is -0.379. The van der Waals surface area contributed by atoms with Crippen LogP contribution in [0.3, 0.4) is 0 Å². The smallest absolute Gasteiger partial charge is 0.376 e. The molecule has 14 heteroatoms. The first-order valence-corrected chi connectivity index (χ1v) is 13.1. The van der Waals surface area contributed by atoms with Gasteiger partial charge in [-0.05, 0) is 50.5 Å². The second-order valence-electron chi connectivity index (χ2n) is 6.85. The van der Waals surface area contributed by atoms with Gasteiger partial charge in [-0.2, -0.15) is 43.2 Å². The molecule has 0 atom stereocenters. The number of halogens is 6. The molecule has 0 N–H and O–H groups in total. The van der Waals surface area contributed by atoms with Crippen molar-refractivity contribution in [2.24, 2.45) is 0 Å². The zero-order valence-electron chi connectivity index (χ0n) is 19.4. The second-order valence-corrected chi connectivity index (χ2v) is 10.1. The van der Waals surface area contributed by atoms with Crippen molar-refractivity contribution in [2.75, 3.05) is 7.11 Å². The van der Waals surface area contributed by atoms with Crippen LogP contribution in [-0.2, 0) is 24.4 Å². The SMILES string of the molecule is CC.COS(=O)(=O)C(F)(F)F.O=S(=O)(Oc1ccc2c3ccccc3c3ccccc3c2c1)C(F)(F)F. The monoisotopic (exact) mass is 570 g/mol. The van der Waals surface area contributed by atoms with E-state index < -0.39 is 31.3 Å². The Morgan fingerprint density at radius 2 is 0.919 bits per heavy atom. The molecule has 0 unspecified atom stereocenters. The van der Waals surface area contributed by atoms with Crippen molar-refractivity contribution in [1.82, 2.24) is 0 Å². The lowest BCUT2D eigenvalue weighted by molar-refractivity contribution is -0.0527. The molecule has 4 aromatic carbocycles. The summed E-state index contributed by atoms with van der Waals surface area (Å²) in [7, 11) is -10.6. The van der Waals surface area contributed by atoms with E-state index in [1.807, 2.05) is 62.4 Å². The van der Waals surface area contributed by atoms with Crippen LogP contribution in [0.25, 0.3) is 32.3 Å². The van der Waals surface area contributed by atoms with Gasteiger partial charge in [-0.15, -0.1) is 0 Å². The summed E-state index contributed by atoms with van der Waals surface area (Å²) < 4.78 is 120. The van der Waals surface area contributed by atoms with Crippen LogP contribution >= 0.6 is 0 Å². The van der Waals surface area contributed by atoms with Crippen molar-refractivity contribution in [3.8, 4) is 5.75 Å². The fourth-order valence-corrected chi connectivity index (χ4v) is 3.85. The van der Waals surface area contributed by atoms with Crippen molar-refractivity contribution in [2.45, 2.75) is 24.9 Å². The maximum atomic E-state index is 12.6. The molecule has 0 aromatic heterocycles. The molecule has 4 rings (SSSR count). The van der Waals surface area contributed by atoms with E-state index in [0.717, 1.165) is 26.9 Å². The summed E-state index contributed by atoms with van der Waals surface area (Å²) in [5, 5.41) is 5.08. The molecule has 202 valence electrons. The van der Waals surface area contributed by atoms with E-state index in [-0.39, 0.29) is 5.75 Å². The summed E-state index contributed by atoms with van der Waals surface area (Å²) in [6, 6.07) is 19.2. The Bertz CT molecular complexity index is 1580. The van der Waals surface area contributed by atoms with Gasteiger partial charge in [-0.1, -0.05) is 62.4 Å². The van der Waals surface area contributed by atoms with Crippen molar-refractivity contribution in [3.05, 3.63) is 66.7 Å². The molecular formula is C23H20F6O6S2. The lowest BCUT2D eigenvalue weighted by Crippen LogP contribution is -2.28. The third-order valence-corrected chi connectivity index (χ3v) is 6.69. The minimum Gasteiger partial charge on any atom is -0.376 e. The Kier molecular flexibility index (Phi) is 9.04. The van der Waals surface area contributed by atoms with E-state index in [1.54, 1.807) is 6.07 Å². The van der Waals surface area contributed by atoms with Gasteiger partial charge >= 0.3 is 31.3 Å². The summed E-state index contributed by atoms with van der Waals surface area (Å²) >= 11 is 0. The molecular weight excluding hydrogens is 550 g/mol. The fraction of sp³-hybridized carbons (Fsp3) is 0.217. The Morgan fingerprint density at radius 3 is 1.24 bits per heavy atom. The minimum atomic E-state index is -5.72. The molecule has 0 aliphatic carbocycles. The van der Waals surface area contributed by atoms with Crippen LogP contribution in [0, 0.1) is 0 Å². The zero-order valence-corrected chi connectivity index (χ0v) is 21.0. The molecule has 0 saturated heterocycles. The molecule has 37 heavy (non-hydrogen) atoms. The number of fused-ring (bicyclic) bond motifs is 6. The van der Waals surface area contributed by atoms with Crippen LogP contribution < -0.4 is 4.18 Å². The average Bonchev–Trinajstić information content (AvgIpc) is 2.84. The van der Waals surface area contributed by atoms with Crippen LogP contribution in [-0.4, -0.2) is 35.0 Å². The Morgan fingerprint density at radius 1 is 0.568 bits per heavy atom. The van der Waals surface area contributed by atoms with Gasteiger partial charge in [-0.3, -0.25) is 4.18 Å². The van der Waals surface area contributed by atoms with E-state index in [2.05, 4.69) is 8.37 Å². The van der Waals surface area contributed by atoms with Crippen LogP contribution in [0.15, 0.2) is 66.7 Å². The number of benzene rings is 4. The van der Waals surface area contributed by atoms with Crippen LogP contribution in [0.4, 0.5) is 26.3 Å². The highest BCUT2D eigenvalue weighted by Crippen LogP contribution is 2.37. The standard InChI is InChI=1S/C19H11F3O3S.C2H3F3O3S.C2H6/c20-19(21,22)26(23,24)25-12-9-10-17-15-7-2-1-5-13(15)14-6-3-4-8-16(14)18(17)11-12;1-8-9(6,7)2(3,4)5;1-2/h1-11H;1H3;1-2H3. The van der Waals surface area contributed by atoms with Crippen LogP contribution in [0.5, 0.6) is 5.75 Å². The lowest BCUT2D eigenvalue weighted by atomic mass is 9.94. The first kappa shape index (κ1) is 30.1. The summed E-state index contributed by atoms with van der Waals surface area (Å²) in [5.41, 5.74) is -10.8.